The summed E-state index contributed by atoms with van der Waals surface area (Å²) in [6.45, 7) is 4.30. The molecule has 3 heterocycles. The summed E-state index contributed by atoms with van der Waals surface area (Å²) in [7, 11) is 0. The SMILES string of the molecule is Cc1[nH]nc(NC(=O)c2cnc3n(c2=O)CCS3)c1C. The van der Waals surface area contributed by atoms with Crippen molar-refractivity contribution >= 4 is 23.5 Å². The van der Waals surface area contributed by atoms with E-state index in [2.05, 4.69) is 20.5 Å². The summed E-state index contributed by atoms with van der Waals surface area (Å²) in [5.41, 5.74) is 1.46. The first-order chi connectivity index (χ1) is 9.58. The molecule has 0 aromatic carbocycles. The van der Waals surface area contributed by atoms with E-state index in [1.165, 1.54) is 22.5 Å². The number of amides is 1. The monoisotopic (exact) mass is 291 g/mol. The molecule has 2 aromatic heterocycles. The van der Waals surface area contributed by atoms with Crippen LogP contribution in [0.4, 0.5) is 5.82 Å². The molecule has 2 aromatic rings. The molecule has 0 atom stereocenters. The number of nitrogens with zero attached hydrogens (tertiary/aromatic N) is 3. The van der Waals surface area contributed by atoms with Crippen LogP contribution in [0.25, 0.3) is 0 Å². The predicted octanol–water partition coefficient (Wildman–Crippen LogP) is 0.941. The molecule has 1 aliphatic rings. The number of hydrogen-bond acceptors (Lipinski definition) is 5. The summed E-state index contributed by atoms with van der Waals surface area (Å²) in [4.78, 5) is 28.5. The molecule has 0 aliphatic carbocycles. The molecule has 0 saturated heterocycles. The molecule has 104 valence electrons. The molecular formula is C12H13N5O2S. The van der Waals surface area contributed by atoms with Gasteiger partial charge in [0.05, 0.1) is 0 Å². The van der Waals surface area contributed by atoms with E-state index in [1.807, 2.05) is 13.8 Å². The highest BCUT2D eigenvalue weighted by Crippen LogP contribution is 2.21. The summed E-state index contributed by atoms with van der Waals surface area (Å²) < 4.78 is 1.53. The Kier molecular flexibility index (Phi) is 3.09. The maximum absolute atomic E-state index is 12.2. The number of carbonyl (C=O) groups is 1. The van der Waals surface area contributed by atoms with Gasteiger partial charge in [0.1, 0.15) is 5.56 Å². The fraction of sp³-hybridized carbons (Fsp3) is 0.333. The van der Waals surface area contributed by atoms with Crippen molar-refractivity contribution in [1.82, 2.24) is 19.7 Å². The van der Waals surface area contributed by atoms with Gasteiger partial charge in [-0.3, -0.25) is 19.3 Å². The van der Waals surface area contributed by atoms with Gasteiger partial charge < -0.3 is 5.32 Å². The minimum Gasteiger partial charge on any atom is -0.305 e. The average Bonchev–Trinajstić information content (AvgIpc) is 3.01. The van der Waals surface area contributed by atoms with Crippen LogP contribution in [0.1, 0.15) is 21.6 Å². The van der Waals surface area contributed by atoms with Gasteiger partial charge in [-0.2, -0.15) is 5.10 Å². The Morgan fingerprint density at radius 1 is 1.50 bits per heavy atom. The van der Waals surface area contributed by atoms with Crippen LogP contribution >= 0.6 is 11.8 Å². The Bertz CT molecular complexity index is 749. The zero-order chi connectivity index (χ0) is 14.3. The molecule has 0 fully saturated rings. The minimum absolute atomic E-state index is 0.0382. The Morgan fingerprint density at radius 3 is 3.00 bits per heavy atom. The third-order valence-electron chi connectivity index (χ3n) is 3.29. The van der Waals surface area contributed by atoms with Crippen LogP contribution in [0, 0.1) is 13.8 Å². The first kappa shape index (κ1) is 12.9. The second kappa shape index (κ2) is 4.78. The molecular weight excluding hydrogens is 278 g/mol. The number of thioether (sulfide) groups is 1. The van der Waals surface area contributed by atoms with Crippen LogP contribution in [0.2, 0.25) is 0 Å². The fourth-order valence-electron chi connectivity index (χ4n) is 1.95. The first-order valence-corrected chi connectivity index (χ1v) is 7.12. The highest BCUT2D eigenvalue weighted by molar-refractivity contribution is 7.99. The number of nitrogens with one attached hydrogen (secondary N) is 2. The van der Waals surface area contributed by atoms with E-state index in [0.29, 0.717) is 17.5 Å². The summed E-state index contributed by atoms with van der Waals surface area (Å²) >= 11 is 1.52. The molecule has 1 amide bonds. The normalized spacial score (nSPS) is 13.3. The molecule has 2 N–H and O–H groups in total. The largest absolute Gasteiger partial charge is 0.305 e. The van der Waals surface area contributed by atoms with Crippen molar-refractivity contribution in [2.75, 3.05) is 11.1 Å². The molecule has 7 nitrogen and oxygen atoms in total. The van der Waals surface area contributed by atoms with E-state index in [1.54, 1.807) is 0 Å². The predicted molar refractivity (Wildman–Crippen MR) is 75.2 cm³/mol. The highest BCUT2D eigenvalue weighted by atomic mass is 32.2. The second-order valence-corrected chi connectivity index (χ2v) is 5.60. The first-order valence-electron chi connectivity index (χ1n) is 6.13. The lowest BCUT2D eigenvalue weighted by molar-refractivity contribution is 0.102. The van der Waals surface area contributed by atoms with Gasteiger partial charge in [-0.25, -0.2) is 4.98 Å². The highest BCUT2D eigenvalue weighted by Gasteiger charge is 2.21. The quantitative estimate of drug-likeness (QED) is 0.803. The maximum Gasteiger partial charge on any atom is 0.267 e. The number of hydrogen-bond donors (Lipinski definition) is 2. The number of rotatable bonds is 2. The van der Waals surface area contributed by atoms with Crippen molar-refractivity contribution in [2.24, 2.45) is 0 Å². The molecule has 8 heteroatoms. The zero-order valence-electron chi connectivity index (χ0n) is 11.1. The van der Waals surface area contributed by atoms with Gasteiger partial charge in [0.25, 0.3) is 11.5 Å². The molecule has 0 spiro atoms. The standard InChI is InChI=1S/C12H13N5O2S/c1-6-7(2)15-16-9(6)14-10(18)8-5-13-12-17(11(8)19)3-4-20-12/h5H,3-4H2,1-2H3,(H2,14,15,16,18). The minimum atomic E-state index is -0.482. The van der Waals surface area contributed by atoms with Crippen molar-refractivity contribution in [3.05, 3.63) is 33.4 Å². The van der Waals surface area contributed by atoms with Crippen molar-refractivity contribution in [2.45, 2.75) is 25.5 Å². The summed E-state index contributed by atoms with van der Waals surface area (Å²) in [5.74, 6) is 0.765. The van der Waals surface area contributed by atoms with Gasteiger partial charge >= 0.3 is 0 Å². The number of carbonyl (C=O) groups excluding carboxylic acids is 1. The van der Waals surface area contributed by atoms with Gasteiger partial charge in [-0.15, -0.1) is 0 Å². The van der Waals surface area contributed by atoms with Crippen LogP contribution in [0.5, 0.6) is 0 Å². The number of aromatic nitrogens is 4. The molecule has 0 saturated carbocycles. The Morgan fingerprint density at radius 2 is 2.30 bits per heavy atom. The van der Waals surface area contributed by atoms with Crippen molar-refractivity contribution in [3.63, 3.8) is 0 Å². The molecule has 0 unspecified atom stereocenters. The van der Waals surface area contributed by atoms with Gasteiger partial charge in [0.2, 0.25) is 0 Å². The molecule has 1 aliphatic heterocycles. The van der Waals surface area contributed by atoms with Gasteiger partial charge in [-0.05, 0) is 13.8 Å². The number of H-pyrrole nitrogens is 1. The third kappa shape index (κ3) is 2.01. The average molecular weight is 291 g/mol. The molecule has 20 heavy (non-hydrogen) atoms. The van der Waals surface area contributed by atoms with E-state index < -0.39 is 5.91 Å². The van der Waals surface area contributed by atoms with Crippen LogP contribution in [-0.2, 0) is 6.54 Å². The number of aryl methyl sites for hydroxylation is 1. The summed E-state index contributed by atoms with van der Waals surface area (Å²) in [6, 6.07) is 0. The van der Waals surface area contributed by atoms with Gasteiger partial charge in [0.15, 0.2) is 11.0 Å². The van der Waals surface area contributed by atoms with E-state index in [0.717, 1.165) is 17.0 Å². The van der Waals surface area contributed by atoms with Crippen molar-refractivity contribution < 1.29 is 4.79 Å². The van der Waals surface area contributed by atoms with E-state index >= 15 is 0 Å². The number of fused-ring (bicyclic) bond motifs is 1. The lowest BCUT2D eigenvalue weighted by atomic mass is 10.2. The van der Waals surface area contributed by atoms with Crippen molar-refractivity contribution in [3.8, 4) is 0 Å². The van der Waals surface area contributed by atoms with Gasteiger partial charge in [-0.1, -0.05) is 11.8 Å². The van der Waals surface area contributed by atoms with Gasteiger partial charge in [0, 0.05) is 29.8 Å². The summed E-state index contributed by atoms with van der Waals surface area (Å²) in [5, 5.41) is 10.1. The Hall–Kier alpha value is -2.09. The summed E-state index contributed by atoms with van der Waals surface area (Å²) in [6.07, 6.45) is 1.33. The number of aromatic amines is 1. The van der Waals surface area contributed by atoms with Crippen molar-refractivity contribution in [1.29, 1.82) is 0 Å². The van der Waals surface area contributed by atoms with E-state index in [9.17, 15) is 9.59 Å². The lowest BCUT2D eigenvalue weighted by Gasteiger charge is -2.05. The topological polar surface area (TPSA) is 92.7 Å². The van der Waals surface area contributed by atoms with Crippen LogP contribution in [0.15, 0.2) is 16.1 Å². The molecule has 0 radical (unpaired) electrons. The Labute approximate surface area is 118 Å². The molecule has 3 rings (SSSR count). The smallest absolute Gasteiger partial charge is 0.267 e. The van der Waals surface area contributed by atoms with E-state index in [4.69, 9.17) is 0 Å². The lowest BCUT2D eigenvalue weighted by Crippen LogP contribution is -2.29. The van der Waals surface area contributed by atoms with Crippen LogP contribution in [-0.4, -0.2) is 31.4 Å². The van der Waals surface area contributed by atoms with E-state index in [-0.39, 0.29) is 11.1 Å². The fourth-order valence-corrected chi connectivity index (χ4v) is 2.87. The zero-order valence-corrected chi connectivity index (χ0v) is 11.9. The van der Waals surface area contributed by atoms with Crippen LogP contribution in [0.3, 0.4) is 0 Å². The maximum atomic E-state index is 12.2. The molecule has 0 bridgehead atoms. The third-order valence-corrected chi connectivity index (χ3v) is 4.26. The Balaban J connectivity index is 1.92. The number of anilines is 1. The second-order valence-electron chi connectivity index (χ2n) is 4.54. The van der Waals surface area contributed by atoms with Crippen LogP contribution < -0.4 is 10.9 Å².